The van der Waals surface area contributed by atoms with Crippen molar-refractivity contribution in [2.45, 2.75) is 25.5 Å². The van der Waals surface area contributed by atoms with E-state index in [2.05, 4.69) is 15.2 Å². The van der Waals surface area contributed by atoms with Gasteiger partial charge in [0.2, 0.25) is 11.8 Å². The van der Waals surface area contributed by atoms with Gasteiger partial charge < -0.3 is 18.5 Å². The highest BCUT2D eigenvalue weighted by molar-refractivity contribution is 5.74. The Morgan fingerprint density at radius 1 is 1.23 bits per heavy atom. The number of aryl methyl sites for hydroxylation is 1. The lowest BCUT2D eigenvalue weighted by Gasteiger charge is -2.18. The van der Waals surface area contributed by atoms with Crippen LogP contribution in [0.2, 0.25) is 0 Å². The van der Waals surface area contributed by atoms with E-state index in [0.29, 0.717) is 24.3 Å². The Morgan fingerprint density at radius 3 is 2.82 bits per heavy atom. The van der Waals surface area contributed by atoms with E-state index in [1.165, 1.54) is 0 Å². The van der Waals surface area contributed by atoms with Crippen LogP contribution in [-0.4, -0.2) is 34.9 Å². The van der Waals surface area contributed by atoms with Crippen LogP contribution in [0.15, 0.2) is 33.1 Å². The predicted octanol–water partition coefficient (Wildman–Crippen LogP) is 2.49. The van der Waals surface area contributed by atoms with Gasteiger partial charge in [0.15, 0.2) is 5.58 Å². The van der Waals surface area contributed by atoms with Crippen LogP contribution in [0.5, 0.6) is 0 Å². The number of benzene rings is 1. The summed E-state index contributed by atoms with van der Waals surface area (Å²) in [6.07, 6.45) is 0.837. The molecule has 3 aromatic rings. The molecule has 1 fully saturated rings. The first-order valence-corrected chi connectivity index (χ1v) is 7.19. The van der Waals surface area contributed by atoms with Crippen LogP contribution in [0.3, 0.4) is 0 Å². The van der Waals surface area contributed by atoms with E-state index in [4.69, 9.17) is 13.6 Å². The third-order valence-electron chi connectivity index (χ3n) is 3.95. The van der Waals surface area contributed by atoms with Crippen LogP contribution < -0.4 is 4.90 Å². The smallest absolute Gasteiger partial charge is 0.299 e. The number of fused-ring (bicyclic) bond motifs is 1. The lowest BCUT2D eigenvalue weighted by Crippen LogP contribution is -2.25. The summed E-state index contributed by atoms with van der Waals surface area (Å²) in [4.78, 5) is 6.59. The Hall–Kier alpha value is -2.41. The first-order chi connectivity index (χ1) is 10.7. The summed E-state index contributed by atoms with van der Waals surface area (Å²) in [7, 11) is 1.70. The summed E-state index contributed by atoms with van der Waals surface area (Å²) in [6, 6.07) is 8.17. The summed E-state index contributed by atoms with van der Waals surface area (Å²) >= 11 is 0. The van der Waals surface area contributed by atoms with Gasteiger partial charge in [0.1, 0.15) is 11.6 Å². The molecule has 7 heteroatoms. The normalized spacial score (nSPS) is 21.8. The predicted molar refractivity (Wildman–Crippen MR) is 78.5 cm³/mol. The van der Waals surface area contributed by atoms with Crippen molar-refractivity contribution in [1.29, 1.82) is 0 Å². The molecule has 7 nitrogen and oxygen atoms in total. The van der Waals surface area contributed by atoms with Gasteiger partial charge in [-0.1, -0.05) is 12.1 Å². The molecular weight excluding hydrogens is 284 g/mol. The van der Waals surface area contributed by atoms with Gasteiger partial charge >= 0.3 is 0 Å². The number of hydrogen-bond acceptors (Lipinski definition) is 7. The van der Waals surface area contributed by atoms with Crippen LogP contribution in [0.25, 0.3) is 11.1 Å². The van der Waals surface area contributed by atoms with E-state index >= 15 is 0 Å². The second kappa shape index (κ2) is 5.10. The molecule has 1 aromatic carbocycles. The molecule has 114 valence electrons. The third kappa shape index (κ3) is 2.14. The third-order valence-corrected chi connectivity index (χ3v) is 3.95. The fourth-order valence-corrected chi connectivity index (χ4v) is 2.84. The van der Waals surface area contributed by atoms with Gasteiger partial charge in [-0.3, -0.25) is 0 Å². The van der Waals surface area contributed by atoms with Crippen LogP contribution >= 0.6 is 0 Å². The Bertz CT molecular complexity index is 764. The van der Waals surface area contributed by atoms with Crippen molar-refractivity contribution in [3.63, 3.8) is 0 Å². The van der Waals surface area contributed by atoms with Gasteiger partial charge in [0.05, 0.1) is 6.10 Å². The maximum absolute atomic E-state index is 5.87. The second-order valence-corrected chi connectivity index (χ2v) is 5.39. The van der Waals surface area contributed by atoms with E-state index < -0.39 is 0 Å². The lowest BCUT2D eigenvalue weighted by molar-refractivity contribution is 0.117. The van der Waals surface area contributed by atoms with E-state index in [0.717, 1.165) is 17.5 Å². The molecule has 1 saturated heterocycles. The number of ether oxygens (including phenoxy) is 1. The molecular formula is C15H16N4O3. The van der Waals surface area contributed by atoms with E-state index in [-0.39, 0.29) is 12.1 Å². The van der Waals surface area contributed by atoms with Crippen LogP contribution in [0, 0.1) is 6.92 Å². The summed E-state index contributed by atoms with van der Waals surface area (Å²) in [5, 5.41) is 8.06. The Kier molecular flexibility index (Phi) is 3.07. The number of oxazole rings is 1. The molecule has 22 heavy (non-hydrogen) atoms. The fourth-order valence-electron chi connectivity index (χ4n) is 2.84. The van der Waals surface area contributed by atoms with Crippen molar-refractivity contribution in [1.82, 2.24) is 15.2 Å². The summed E-state index contributed by atoms with van der Waals surface area (Å²) in [5.74, 6) is 1.12. The molecule has 0 unspecified atom stereocenters. The SMILES string of the molecule is CO[C@H]1C[C@H](c2nnc(C)o2)N(c2nc3ccccc3o2)C1. The minimum atomic E-state index is -0.0841. The lowest BCUT2D eigenvalue weighted by atomic mass is 10.2. The number of anilines is 1. The molecule has 2 atom stereocenters. The highest BCUT2D eigenvalue weighted by Gasteiger charge is 2.39. The minimum Gasteiger partial charge on any atom is -0.423 e. The Morgan fingerprint density at radius 2 is 2.09 bits per heavy atom. The van der Waals surface area contributed by atoms with Crippen molar-refractivity contribution < 1.29 is 13.6 Å². The largest absolute Gasteiger partial charge is 0.423 e. The zero-order valence-corrected chi connectivity index (χ0v) is 12.4. The van der Waals surface area contributed by atoms with Crippen molar-refractivity contribution in [3.05, 3.63) is 36.0 Å². The standard InChI is InChI=1S/C15H16N4O3/c1-9-17-18-14(21-9)12-7-10(20-2)8-19(12)15-16-11-5-3-4-6-13(11)22-15/h3-6,10,12H,7-8H2,1-2H3/t10-,12+/m0/s1. The van der Waals surface area contributed by atoms with Gasteiger partial charge in [0.25, 0.3) is 6.01 Å². The molecule has 0 amide bonds. The van der Waals surface area contributed by atoms with Gasteiger partial charge in [-0.15, -0.1) is 10.2 Å². The van der Waals surface area contributed by atoms with Crippen LogP contribution in [0.4, 0.5) is 6.01 Å². The Labute approximate surface area is 126 Å². The zero-order valence-electron chi connectivity index (χ0n) is 12.4. The molecule has 0 spiro atoms. The topological polar surface area (TPSA) is 77.4 Å². The fraction of sp³-hybridized carbons (Fsp3) is 0.400. The maximum atomic E-state index is 5.87. The number of nitrogens with zero attached hydrogens (tertiary/aromatic N) is 4. The number of rotatable bonds is 3. The maximum Gasteiger partial charge on any atom is 0.299 e. The van der Waals surface area contributed by atoms with Crippen LogP contribution in [-0.2, 0) is 4.74 Å². The molecule has 1 aliphatic heterocycles. The van der Waals surface area contributed by atoms with Crippen molar-refractivity contribution in [2.24, 2.45) is 0 Å². The average molecular weight is 300 g/mol. The molecule has 1 aliphatic rings. The summed E-state index contributed by atoms with van der Waals surface area (Å²) < 4.78 is 17.0. The first-order valence-electron chi connectivity index (χ1n) is 7.19. The molecule has 2 aromatic heterocycles. The molecule has 0 saturated carbocycles. The van der Waals surface area contributed by atoms with Crippen LogP contribution in [0.1, 0.15) is 24.2 Å². The molecule has 3 heterocycles. The van der Waals surface area contributed by atoms with E-state index in [9.17, 15) is 0 Å². The zero-order chi connectivity index (χ0) is 15.1. The monoisotopic (exact) mass is 300 g/mol. The molecule has 0 N–H and O–H groups in total. The summed E-state index contributed by atoms with van der Waals surface area (Å²) in [5.41, 5.74) is 1.60. The Balaban J connectivity index is 1.73. The summed E-state index contributed by atoms with van der Waals surface area (Å²) in [6.45, 7) is 2.46. The first kappa shape index (κ1) is 13.3. The number of methoxy groups -OCH3 is 1. The molecule has 0 radical (unpaired) electrons. The number of aromatic nitrogens is 3. The highest BCUT2D eigenvalue weighted by Crippen LogP contribution is 2.37. The number of hydrogen-bond donors (Lipinski definition) is 0. The van der Waals surface area contributed by atoms with E-state index in [1.807, 2.05) is 29.2 Å². The average Bonchev–Trinajstić information content (AvgIpc) is 3.23. The number of para-hydroxylation sites is 2. The molecule has 4 rings (SSSR count). The minimum absolute atomic E-state index is 0.0761. The molecule has 0 aliphatic carbocycles. The quantitative estimate of drug-likeness (QED) is 0.735. The van der Waals surface area contributed by atoms with E-state index in [1.54, 1.807) is 14.0 Å². The highest BCUT2D eigenvalue weighted by atomic mass is 16.5. The molecule has 0 bridgehead atoms. The van der Waals surface area contributed by atoms with Crippen molar-refractivity contribution in [3.8, 4) is 0 Å². The van der Waals surface area contributed by atoms with Crippen molar-refractivity contribution >= 4 is 17.1 Å². The van der Waals surface area contributed by atoms with Gasteiger partial charge in [-0.2, -0.15) is 4.98 Å². The van der Waals surface area contributed by atoms with Gasteiger partial charge in [-0.05, 0) is 12.1 Å². The second-order valence-electron chi connectivity index (χ2n) is 5.39. The van der Waals surface area contributed by atoms with Crippen molar-refractivity contribution in [2.75, 3.05) is 18.6 Å². The van der Waals surface area contributed by atoms with Gasteiger partial charge in [0, 0.05) is 27.0 Å². The van der Waals surface area contributed by atoms with Gasteiger partial charge in [-0.25, -0.2) is 0 Å².